The Morgan fingerprint density at radius 1 is 1.32 bits per heavy atom. The number of aliphatic carboxylic acids is 1. The molecule has 0 spiro atoms. The van der Waals surface area contributed by atoms with E-state index in [1.165, 1.54) is 0 Å². The lowest BCUT2D eigenvalue weighted by atomic mass is 9.85. The van der Waals surface area contributed by atoms with Gasteiger partial charge in [0.05, 0.1) is 11.5 Å². The van der Waals surface area contributed by atoms with Gasteiger partial charge >= 0.3 is 5.97 Å². The van der Waals surface area contributed by atoms with Crippen LogP contribution < -0.4 is 0 Å². The van der Waals surface area contributed by atoms with Crippen molar-refractivity contribution >= 4 is 11.9 Å². The molecule has 1 aromatic heterocycles. The van der Waals surface area contributed by atoms with Gasteiger partial charge in [-0.3, -0.25) is 14.6 Å². The van der Waals surface area contributed by atoms with E-state index in [-0.39, 0.29) is 17.9 Å². The van der Waals surface area contributed by atoms with E-state index in [0.29, 0.717) is 18.4 Å². The first-order valence-electron chi connectivity index (χ1n) is 6.49. The van der Waals surface area contributed by atoms with Crippen LogP contribution in [0.3, 0.4) is 0 Å². The summed E-state index contributed by atoms with van der Waals surface area (Å²) in [6.07, 6.45) is 5.98. The first kappa shape index (κ1) is 13.5. The Balaban J connectivity index is 1.96. The van der Waals surface area contributed by atoms with Crippen LogP contribution in [0.2, 0.25) is 0 Å². The summed E-state index contributed by atoms with van der Waals surface area (Å²) in [5, 5.41) is 8.96. The Labute approximate surface area is 112 Å². The normalized spacial score (nSPS) is 22.8. The molecule has 0 aromatic carbocycles. The van der Waals surface area contributed by atoms with Crippen molar-refractivity contribution in [1.82, 2.24) is 9.88 Å². The Morgan fingerprint density at radius 3 is 2.53 bits per heavy atom. The molecule has 0 saturated heterocycles. The molecule has 19 heavy (non-hydrogen) atoms. The van der Waals surface area contributed by atoms with Gasteiger partial charge in [-0.2, -0.15) is 0 Å². The predicted octanol–water partition coefficient (Wildman–Crippen LogP) is 1.80. The molecule has 2 rings (SSSR count). The summed E-state index contributed by atoms with van der Waals surface area (Å²) in [7, 11) is 1.78. The number of aromatic nitrogens is 1. The highest BCUT2D eigenvalue weighted by Crippen LogP contribution is 2.27. The summed E-state index contributed by atoms with van der Waals surface area (Å²) in [6.45, 7) is 0. The standard InChI is InChI=1S/C14H18N2O3/c1-16(13(17)11-3-2-8-15-9-11)12-6-4-10(5-7-12)14(18)19/h2-3,8-10,12H,4-7H2,1H3,(H,18,19). The average molecular weight is 262 g/mol. The Bertz CT molecular complexity index is 453. The number of carboxylic acids is 1. The van der Waals surface area contributed by atoms with Gasteiger partial charge in [-0.1, -0.05) is 0 Å². The second-order valence-electron chi connectivity index (χ2n) is 5.00. The fraction of sp³-hybridized carbons (Fsp3) is 0.500. The summed E-state index contributed by atoms with van der Waals surface area (Å²) in [5.41, 5.74) is 0.574. The first-order chi connectivity index (χ1) is 9.09. The van der Waals surface area contributed by atoms with Gasteiger partial charge < -0.3 is 10.0 Å². The van der Waals surface area contributed by atoms with Gasteiger partial charge in [0.1, 0.15) is 0 Å². The van der Waals surface area contributed by atoms with E-state index in [9.17, 15) is 9.59 Å². The molecule has 1 amide bonds. The van der Waals surface area contributed by atoms with E-state index in [2.05, 4.69) is 4.98 Å². The van der Waals surface area contributed by atoms with Gasteiger partial charge in [0, 0.05) is 25.5 Å². The van der Waals surface area contributed by atoms with Crippen LogP contribution in [0.15, 0.2) is 24.5 Å². The molecule has 1 saturated carbocycles. The van der Waals surface area contributed by atoms with Crippen LogP contribution >= 0.6 is 0 Å². The Morgan fingerprint density at radius 2 is 2.00 bits per heavy atom. The van der Waals surface area contributed by atoms with Gasteiger partial charge in [-0.15, -0.1) is 0 Å². The van der Waals surface area contributed by atoms with Crippen molar-refractivity contribution in [3.05, 3.63) is 30.1 Å². The Kier molecular flexibility index (Phi) is 4.14. The van der Waals surface area contributed by atoms with Gasteiger partial charge in [0.2, 0.25) is 0 Å². The van der Waals surface area contributed by atoms with E-state index < -0.39 is 5.97 Å². The van der Waals surface area contributed by atoms with Crippen LogP contribution in [0.5, 0.6) is 0 Å². The Hall–Kier alpha value is -1.91. The van der Waals surface area contributed by atoms with Crippen LogP contribution in [0.4, 0.5) is 0 Å². The third kappa shape index (κ3) is 3.10. The van der Waals surface area contributed by atoms with E-state index in [1.807, 2.05) is 0 Å². The van der Waals surface area contributed by atoms with E-state index in [4.69, 9.17) is 5.11 Å². The summed E-state index contributed by atoms with van der Waals surface area (Å²) >= 11 is 0. The number of nitrogens with zero attached hydrogens (tertiary/aromatic N) is 2. The molecule has 1 aliphatic rings. The van der Waals surface area contributed by atoms with Gasteiger partial charge in [0.15, 0.2) is 0 Å². The maximum Gasteiger partial charge on any atom is 0.306 e. The van der Waals surface area contributed by atoms with Crippen LogP contribution in [0.1, 0.15) is 36.0 Å². The fourth-order valence-electron chi connectivity index (χ4n) is 2.57. The fourth-order valence-corrected chi connectivity index (χ4v) is 2.57. The SMILES string of the molecule is CN(C(=O)c1cccnc1)C1CCC(C(=O)O)CC1. The molecule has 1 N–H and O–H groups in total. The minimum atomic E-state index is -0.723. The summed E-state index contributed by atoms with van der Waals surface area (Å²) < 4.78 is 0. The number of carboxylic acid groups (broad SMARTS) is 1. The minimum Gasteiger partial charge on any atom is -0.481 e. The van der Waals surface area contributed by atoms with Crippen molar-refractivity contribution in [2.75, 3.05) is 7.05 Å². The summed E-state index contributed by atoms with van der Waals surface area (Å²) in [4.78, 5) is 28.8. The minimum absolute atomic E-state index is 0.0492. The van der Waals surface area contributed by atoms with Crippen LogP contribution in [0.25, 0.3) is 0 Å². The number of hydrogen-bond donors (Lipinski definition) is 1. The molecular formula is C14H18N2O3. The van der Waals surface area contributed by atoms with Crippen molar-refractivity contribution < 1.29 is 14.7 Å². The van der Waals surface area contributed by atoms with Crippen molar-refractivity contribution in [3.8, 4) is 0 Å². The molecule has 102 valence electrons. The first-order valence-corrected chi connectivity index (χ1v) is 6.49. The number of rotatable bonds is 3. The molecule has 0 atom stereocenters. The van der Waals surface area contributed by atoms with E-state index >= 15 is 0 Å². The monoisotopic (exact) mass is 262 g/mol. The number of carbonyl (C=O) groups excluding carboxylic acids is 1. The highest BCUT2D eigenvalue weighted by molar-refractivity contribution is 5.93. The molecule has 1 fully saturated rings. The molecule has 0 radical (unpaired) electrons. The summed E-state index contributed by atoms with van der Waals surface area (Å²) in [6, 6.07) is 3.61. The molecule has 1 heterocycles. The molecule has 5 nitrogen and oxygen atoms in total. The van der Waals surface area contributed by atoms with Gasteiger partial charge in [-0.25, -0.2) is 0 Å². The van der Waals surface area contributed by atoms with Crippen molar-refractivity contribution in [1.29, 1.82) is 0 Å². The van der Waals surface area contributed by atoms with Crippen LogP contribution in [0, 0.1) is 5.92 Å². The third-order valence-corrected chi connectivity index (χ3v) is 3.82. The number of hydrogen-bond acceptors (Lipinski definition) is 3. The zero-order valence-corrected chi connectivity index (χ0v) is 11.0. The highest BCUT2D eigenvalue weighted by Gasteiger charge is 2.29. The van der Waals surface area contributed by atoms with E-state index in [0.717, 1.165) is 12.8 Å². The lowest BCUT2D eigenvalue weighted by Crippen LogP contribution is -2.40. The maximum absolute atomic E-state index is 12.2. The molecule has 1 aromatic rings. The van der Waals surface area contributed by atoms with Gasteiger partial charge in [-0.05, 0) is 37.8 Å². The second kappa shape index (κ2) is 5.82. The molecule has 5 heteroatoms. The van der Waals surface area contributed by atoms with Gasteiger partial charge in [0.25, 0.3) is 5.91 Å². The van der Waals surface area contributed by atoms with Crippen LogP contribution in [-0.4, -0.2) is 40.0 Å². The zero-order chi connectivity index (χ0) is 13.8. The number of pyridine rings is 1. The maximum atomic E-state index is 12.2. The lowest BCUT2D eigenvalue weighted by molar-refractivity contribution is -0.143. The van der Waals surface area contributed by atoms with Crippen molar-refractivity contribution in [2.24, 2.45) is 5.92 Å². The van der Waals surface area contributed by atoms with Crippen molar-refractivity contribution in [3.63, 3.8) is 0 Å². The zero-order valence-electron chi connectivity index (χ0n) is 11.0. The predicted molar refractivity (Wildman–Crippen MR) is 69.7 cm³/mol. The average Bonchev–Trinajstić information content (AvgIpc) is 2.46. The highest BCUT2D eigenvalue weighted by atomic mass is 16.4. The molecule has 0 bridgehead atoms. The molecular weight excluding hydrogens is 244 g/mol. The quantitative estimate of drug-likeness (QED) is 0.901. The third-order valence-electron chi connectivity index (χ3n) is 3.82. The van der Waals surface area contributed by atoms with E-state index in [1.54, 1.807) is 36.5 Å². The lowest BCUT2D eigenvalue weighted by Gasteiger charge is -2.33. The molecule has 1 aliphatic carbocycles. The number of amides is 1. The topological polar surface area (TPSA) is 70.5 Å². The van der Waals surface area contributed by atoms with Crippen molar-refractivity contribution in [2.45, 2.75) is 31.7 Å². The second-order valence-corrected chi connectivity index (χ2v) is 5.00. The number of carbonyl (C=O) groups is 2. The smallest absolute Gasteiger partial charge is 0.306 e. The molecule has 0 unspecified atom stereocenters. The molecule has 0 aliphatic heterocycles. The largest absolute Gasteiger partial charge is 0.481 e. The van der Waals surface area contributed by atoms with Crippen LogP contribution in [-0.2, 0) is 4.79 Å². The summed E-state index contributed by atoms with van der Waals surface area (Å²) in [5.74, 6) is -1.02.